The van der Waals surface area contributed by atoms with E-state index in [1.54, 1.807) is 6.20 Å². The van der Waals surface area contributed by atoms with Gasteiger partial charge in [-0.25, -0.2) is 4.98 Å². The monoisotopic (exact) mass is 302 g/mol. The van der Waals surface area contributed by atoms with Gasteiger partial charge in [0.1, 0.15) is 11.9 Å². The summed E-state index contributed by atoms with van der Waals surface area (Å²) in [6.07, 6.45) is 3.15. The summed E-state index contributed by atoms with van der Waals surface area (Å²) < 4.78 is 18.1. The summed E-state index contributed by atoms with van der Waals surface area (Å²) in [6, 6.07) is 0.377. The molecule has 8 nitrogen and oxygen atoms in total. The largest absolute Gasteiger partial charge is 0.529 e. The van der Waals surface area contributed by atoms with Gasteiger partial charge in [-0.3, -0.25) is 0 Å². The molecule has 116 valence electrons. The van der Waals surface area contributed by atoms with E-state index >= 15 is 0 Å². The van der Waals surface area contributed by atoms with Crippen LogP contribution in [0.4, 0.5) is 11.6 Å². The van der Waals surface area contributed by atoms with E-state index in [4.69, 9.17) is 26.3 Å². The second kappa shape index (κ2) is 4.89. The molecular weight excluding hydrogens is 285 g/mol. The minimum absolute atomic E-state index is 0.0909. The van der Waals surface area contributed by atoms with Gasteiger partial charge in [0.25, 0.3) is 0 Å². The van der Waals surface area contributed by atoms with Gasteiger partial charge in [0, 0.05) is 12.7 Å². The van der Waals surface area contributed by atoms with Crippen LogP contribution in [-0.2, 0) is 14.0 Å². The van der Waals surface area contributed by atoms with Gasteiger partial charge in [-0.1, -0.05) is 6.57 Å². The van der Waals surface area contributed by atoms with Crippen LogP contribution in [0.25, 0.3) is 4.85 Å². The Labute approximate surface area is 128 Å². The molecule has 0 radical (unpaired) electrons. The molecule has 2 N–H and O–H groups in total. The minimum atomic E-state index is -1.87. The third-order valence-electron chi connectivity index (χ3n) is 4.66. The highest BCUT2D eigenvalue weighted by Crippen LogP contribution is 2.43. The second-order valence-corrected chi connectivity index (χ2v) is 5.99. The smallest absolute Gasteiger partial charge is 0.464 e. The number of anilines is 1. The number of nitrogens with two attached hydrogens (primary N) is 1. The predicted molar refractivity (Wildman–Crippen MR) is 78.5 cm³/mol. The Kier molecular flexibility index (Phi) is 3.09. The summed E-state index contributed by atoms with van der Waals surface area (Å²) in [5, 5.41) is 0. The Morgan fingerprint density at radius 1 is 1.50 bits per heavy atom. The van der Waals surface area contributed by atoms with Crippen LogP contribution < -0.4 is 5.73 Å². The van der Waals surface area contributed by atoms with Crippen LogP contribution in [-0.4, -0.2) is 47.0 Å². The molecule has 3 saturated heterocycles. The molecule has 1 spiro atoms. The number of hydrogen-bond acceptors (Lipinski definition) is 7. The summed E-state index contributed by atoms with van der Waals surface area (Å²) >= 11 is 0. The van der Waals surface area contributed by atoms with Gasteiger partial charge in [0.15, 0.2) is 5.69 Å². The zero-order valence-corrected chi connectivity index (χ0v) is 12.3. The fraction of sp³-hybridized carbons (Fsp3) is 0.615. The molecular formula is C13H17BN5O3-. The Morgan fingerprint density at radius 3 is 3.18 bits per heavy atom. The third-order valence-corrected chi connectivity index (χ3v) is 4.66. The Hall–Kier alpha value is -1.73. The zero-order valence-electron chi connectivity index (χ0n) is 12.3. The van der Waals surface area contributed by atoms with E-state index in [-0.39, 0.29) is 17.7 Å². The first-order chi connectivity index (χ1) is 10.6. The molecule has 3 aliphatic heterocycles. The molecule has 1 aromatic heterocycles. The summed E-state index contributed by atoms with van der Waals surface area (Å²) in [6.45, 7) is 8.71. The number of aromatic nitrogens is 2. The van der Waals surface area contributed by atoms with Crippen molar-refractivity contribution in [2.75, 3.05) is 18.9 Å². The molecule has 4 heterocycles. The summed E-state index contributed by atoms with van der Waals surface area (Å²) in [5.41, 5.74) is 6.18. The van der Waals surface area contributed by atoms with Crippen LogP contribution in [0.2, 0.25) is 0 Å². The predicted octanol–water partition coefficient (Wildman–Crippen LogP) is 1.02. The molecule has 22 heavy (non-hydrogen) atoms. The molecule has 0 amide bonds. The van der Waals surface area contributed by atoms with Gasteiger partial charge in [-0.2, -0.15) is 0 Å². The lowest BCUT2D eigenvalue weighted by atomic mass is 9.95. The quantitative estimate of drug-likeness (QED) is 0.612. The molecule has 0 aliphatic carbocycles. The normalized spacial score (nSPS) is 37.5. The molecule has 1 aromatic rings. The fourth-order valence-electron chi connectivity index (χ4n) is 3.62. The van der Waals surface area contributed by atoms with E-state index in [0.717, 1.165) is 19.4 Å². The topological polar surface area (TPSA) is 87.1 Å². The van der Waals surface area contributed by atoms with Gasteiger partial charge < -0.3 is 29.4 Å². The number of nitrogen functional groups attached to an aromatic ring is 1. The van der Waals surface area contributed by atoms with Crippen LogP contribution in [0.3, 0.4) is 0 Å². The van der Waals surface area contributed by atoms with E-state index in [1.165, 1.54) is 0 Å². The molecule has 3 aliphatic rings. The van der Waals surface area contributed by atoms with Crippen molar-refractivity contribution in [3.8, 4) is 0 Å². The molecule has 4 atom stereocenters. The van der Waals surface area contributed by atoms with Crippen molar-refractivity contribution in [3.63, 3.8) is 0 Å². The number of fused-ring (bicyclic) bond motifs is 2. The second-order valence-electron chi connectivity index (χ2n) is 5.99. The van der Waals surface area contributed by atoms with Crippen molar-refractivity contribution in [3.05, 3.63) is 23.3 Å². The van der Waals surface area contributed by atoms with Crippen molar-refractivity contribution < 1.29 is 14.0 Å². The molecule has 9 heteroatoms. The first-order valence-electron chi connectivity index (χ1n) is 7.52. The molecule has 4 rings (SSSR count). The zero-order chi connectivity index (χ0) is 15.3. The van der Waals surface area contributed by atoms with E-state index in [2.05, 4.69) is 19.6 Å². The highest BCUT2D eigenvalue weighted by molar-refractivity contribution is 6.59. The Bertz CT molecular complexity index is 653. The lowest BCUT2D eigenvalue weighted by Gasteiger charge is -2.38. The van der Waals surface area contributed by atoms with Gasteiger partial charge in [0.2, 0.25) is 0 Å². The maximum Gasteiger partial charge on any atom is 0.464 e. The van der Waals surface area contributed by atoms with Crippen molar-refractivity contribution in [2.45, 2.75) is 38.0 Å². The van der Waals surface area contributed by atoms with E-state index < -0.39 is 13.0 Å². The highest BCUT2D eigenvalue weighted by atomic mass is 16.8. The van der Waals surface area contributed by atoms with Crippen molar-refractivity contribution in [1.82, 2.24) is 14.8 Å². The lowest BCUT2D eigenvalue weighted by molar-refractivity contribution is 0.123. The fourth-order valence-corrected chi connectivity index (χ4v) is 3.62. The number of nitrogens with zero attached hydrogens (tertiary/aromatic N) is 4. The average Bonchev–Trinajstić information content (AvgIpc) is 3.18. The average molecular weight is 302 g/mol. The van der Waals surface area contributed by atoms with Gasteiger partial charge in [-0.05, 0) is 32.4 Å². The first-order valence-corrected chi connectivity index (χ1v) is 7.52. The summed E-state index contributed by atoms with van der Waals surface area (Å²) in [7, 11) is 0. The van der Waals surface area contributed by atoms with E-state index in [9.17, 15) is 0 Å². The van der Waals surface area contributed by atoms with Crippen molar-refractivity contribution >= 4 is 18.5 Å². The van der Waals surface area contributed by atoms with E-state index in [0.29, 0.717) is 18.3 Å². The lowest BCUT2D eigenvalue weighted by Crippen LogP contribution is -2.53. The van der Waals surface area contributed by atoms with Crippen molar-refractivity contribution in [2.24, 2.45) is 0 Å². The van der Waals surface area contributed by atoms with Crippen LogP contribution >= 0.6 is 0 Å². The third kappa shape index (κ3) is 1.92. The Morgan fingerprint density at radius 2 is 2.36 bits per heavy atom. The van der Waals surface area contributed by atoms with Crippen molar-refractivity contribution in [1.29, 1.82) is 0 Å². The Balaban J connectivity index is 1.63. The SMILES string of the molecule is [C-]#[N+]c1nc(C2O[B-]3(OC[C@@H]4CCCN43)O[C@@H]2C)cnc1N. The number of hydrogen-bond donors (Lipinski definition) is 1. The van der Waals surface area contributed by atoms with Gasteiger partial charge in [-0.15, -0.1) is 4.98 Å². The number of rotatable bonds is 1. The maximum absolute atomic E-state index is 7.10. The highest BCUT2D eigenvalue weighted by Gasteiger charge is 2.55. The van der Waals surface area contributed by atoms with E-state index in [1.807, 2.05) is 6.92 Å². The first kappa shape index (κ1) is 13.9. The molecule has 2 unspecified atom stereocenters. The minimum Gasteiger partial charge on any atom is -0.529 e. The van der Waals surface area contributed by atoms with Gasteiger partial charge >= 0.3 is 12.7 Å². The molecule has 0 bridgehead atoms. The summed E-state index contributed by atoms with van der Waals surface area (Å²) in [5.74, 6) is 0.218. The van der Waals surface area contributed by atoms with Crippen LogP contribution in [0.1, 0.15) is 31.6 Å². The van der Waals surface area contributed by atoms with Gasteiger partial charge in [0.05, 0.1) is 6.20 Å². The van der Waals surface area contributed by atoms with Crippen LogP contribution in [0.15, 0.2) is 6.20 Å². The standard InChI is InChI=1S/C13H17BN5O3/c1-8-11(10-6-17-12(15)13(16-2)18-10)22-14(21-8)19-5-3-4-9(19)7-20-14/h6,8-9,11H,3-5,7H2,1H3,(H2,15,17)/q-1/t8-,9+,11?,14?/m1/s1. The summed E-state index contributed by atoms with van der Waals surface area (Å²) in [4.78, 5) is 13.8. The van der Waals surface area contributed by atoms with Crippen LogP contribution in [0, 0.1) is 6.57 Å². The molecule has 0 aromatic carbocycles. The molecule has 3 fully saturated rings. The molecule has 0 saturated carbocycles. The van der Waals surface area contributed by atoms with Crippen LogP contribution in [0.5, 0.6) is 0 Å². The maximum atomic E-state index is 7.10.